The molecule has 2 nitrogen and oxygen atoms in total. The molecule has 240 valence electrons. The second-order valence-electron chi connectivity index (χ2n) is 12.3. The molecule has 49 heavy (non-hydrogen) atoms. The Hall–Kier alpha value is -4.95. The second-order valence-corrected chi connectivity index (χ2v) is 12.3. The summed E-state index contributed by atoms with van der Waals surface area (Å²) in [4.78, 5) is 9.46. The Balaban J connectivity index is 0.00000417. The summed E-state index contributed by atoms with van der Waals surface area (Å²) in [5.41, 5.74) is 14.3. The molecule has 0 radical (unpaired) electrons. The topological polar surface area (TPSA) is 25.8 Å². The molecule has 7 aromatic rings. The number of aryl methyl sites for hydroxylation is 6. The third kappa shape index (κ3) is 9.36. The Morgan fingerprint density at radius 2 is 0.857 bits per heavy atom. The molecule has 0 amide bonds. The van der Waals surface area contributed by atoms with Gasteiger partial charge in [-0.05, 0) is 71.3 Å². The van der Waals surface area contributed by atoms with Crippen LogP contribution in [-0.2, 0) is 58.6 Å². The van der Waals surface area contributed by atoms with Crippen molar-refractivity contribution in [2.45, 2.75) is 38.5 Å². The number of pyridine rings is 2. The van der Waals surface area contributed by atoms with Crippen LogP contribution in [0.4, 0.5) is 0 Å². The Kier molecular flexibility index (Phi) is 11.7. The van der Waals surface area contributed by atoms with Crippen LogP contribution in [0.1, 0.15) is 33.4 Å². The first-order valence-corrected chi connectivity index (χ1v) is 16.8. The minimum atomic E-state index is 0. The van der Waals surface area contributed by atoms with Gasteiger partial charge in [0.05, 0.1) is 0 Å². The van der Waals surface area contributed by atoms with Crippen molar-refractivity contribution < 1.29 is 20.1 Å². The quantitative estimate of drug-likeness (QED) is 0.115. The number of hydrogen-bond donors (Lipinski definition) is 0. The smallest absolute Gasteiger partial charge is 0.304 e. The zero-order valence-electron chi connectivity index (χ0n) is 27.4. The van der Waals surface area contributed by atoms with Gasteiger partial charge in [0.1, 0.15) is 0 Å². The fourth-order valence-corrected chi connectivity index (χ4v) is 6.12. The van der Waals surface area contributed by atoms with Crippen molar-refractivity contribution in [3.05, 3.63) is 203 Å². The molecule has 0 saturated carbocycles. The van der Waals surface area contributed by atoms with Gasteiger partial charge in [-0.3, -0.25) is 0 Å². The minimum absolute atomic E-state index is 0. The molecule has 0 unspecified atom stereocenters. The molecule has 7 rings (SSSR count). The summed E-state index contributed by atoms with van der Waals surface area (Å²) in [6.07, 6.45) is 9.86. The predicted octanol–water partition coefficient (Wildman–Crippen LogP) is 10.2. The molecule has 2 heterocycles. The van der Waals surface area contributed by atoms with Crippen molar-refractivity contribution in [1.29, 1.82) is 0 Å². The van der Waals surface area contributed by atoms with Gasteiger partial charge in [-0.25, -0.2) is 0 Å². The number of nitrogens with zero attached hydrogens (tertiary/aromatic N) is 2. The van der Waals surface area contributed by atoms with Crippen LogP contribution in [0.25, 0.3) is 33.6 Å². The van der Waals surface area contributed by atoms with E-state index < -0.39 is 0 Å². The molecule has 0 fully saturated rings. The maximum absolute atomic E-state index is 4.73. The largest absolute Gasteiger partial charge is 3.00 e. The molecule has 0 aliphatic heterocycles. The van der Waals surface area contributed by atoms with Gasteiger partial charge in [-0.15, -0.1) is 107 Å². The number of hydrogen-bond acceptors (Lipinski definition) is 2. The van der Waals surface area contributed by atoms with E-state index in [2.05, 4.69) is 121 Å². The van der Waals surface area contributed by atoms with Gasteiger partial charge in [-0.1, -0.05) is 84.8 Å². The number of aromatic nitrogens is 2. The van der Waals surface area contributed by atoms with Gasteiger partial charge in [0, 0.05) is 12.4 Å². The van der Waals surface area contributed by atoms with E-state index >= 15 is 0 Å². The Morgan fingerprint density at radius 1 is 0.388 bits per heavy atom. The monoisotopic (exact) mass is 810 g/mol. The standard InChI is InChI=1S/C46H37N2.Ir/c1-4-10-41(11-5-1)42-26-22-35(23-27-42)16-19-38-30-39(20-17-36-24-28-45(47-33-36)43-12-6-2-7-13-43)32-40(31-38)21-18-37-25-29-46(48-34-37)44-14-8-3-9-15-44;/h1-12,14,22-26,28-34H,16-21H2;/q-3;+3. The Labute approximate surface area is 304 Å². The van der Waals surface area contributed by atoms with Crippen molar-refractivity contribution in [2.24, 2.45) is 0 Å². The van der Waals surface area contributed by atoms with Crippen molar-refractivity contribution in [3.63, 3.8) is 0 Å². The third-order valence-corrected chi connectivity index (χ3v) is 8.80. The Bertz CT molecular complexity index is 1770. The maximum atomic E-state index is 4.73. The average molecular weight is 810 g/mol. The summed E-state index contributed by atoms with van der Waals surface area (Å²) in [7, 11) is 0. The van der Waals surface area contributed by atoms with Gasteiger partial charge in [0.15, 0.2) is 0 Å². The predicted molar refractivity (Wildman–Crippen MR) is 196 cm³/mol. The van der Waals surface area contributed by atoms with Gasteiger partial charge in [0.25, 0.3) is 0 Å². The fraction of sp³-hybridized carbons (Fsp3) is 0.130. The molecular weight excluding hydrogens is 773 g/mol. The summed E-state index contributed by atoms with van der Waals surface area (Å²) in [6, 6.07) is 58.9. The fourth-order valence-electron chi connectivity index (χ4n) is 6.12. The zero-order chi connectivity index (χ0) is 32.4. The summed E-state index contributed by atoms with van der Waals surface area (Å²) < 4.78 is 0. The van der Waals surface area contributed by atoms with Crippen LogP contribution in [0.3, 0.4) is 0 Å². The normalized spacial score (nSPS) is 10.8. The van der Waals surface area contributed by atoms with Crippen molar-refractivity contribution in [2.75, 3.05) is 0 Å². The van der Waals surface area contributed by atoms with Crippen LogP contribution in [0.5, 0.6) is 0 Å². The first-order chi connectivity index (χ1) is 23.7. The van der Waals surface area contributed by atoms with Crippen molar-refractivity contribution >= 4 is 0 Å². The zero-order valence-corrected chi connectivity index (χ0v) is 29.8. The SMILES string of the molecule is [Ir+3].[c-]1cc(CCc2cc(CCc3ccc(-c4[c-]cccc4)nc3)cc(CCc3ccc(-c4[c-]cccc4)nc3)c2)ccc1-c1ccccc1. The molecule has 0 bridgehead atoms. The van der Waals surface area contributed by atoms with E-state index in [1.165, 1.54) is 38.9 Å². The second kappa shape index (κ2) is 16.9. The van der Waals surface area contributed by atoms with E-state index in [4.69, 9.17) is 9.97 Å². The number of benzene rings is 5. The van der Waals surface area contributed by atoms with E-state index in [0.717, 1.165) is 66.6 Å². The molecule has 0 spiro atoms. The maximum Gasteiger partial charge on any atom is 3.00 e. The first kappa shape index (κ1) is 33.9. The van der Waals surface area contributed by atoms with Crippen molar-refractivity contribution in [3.8, 4) is 33.6 Å². The summed E-state index contributed by atoms with van der Waals surface area (Å²) in [5.74, 6) is 0. The van der Waals surface area contributed by atoms with Crippen LogP contribution in [0.15, 0.2) is 152 Å². The van der Waals surface area contributed by atoms with Crippen LogP contribution < -0.4 is 0 Å². The summed E-state index contributed by atoms with van der Waals surface area (Å²) in [5, 5.41) is 0. The van der Waals surface area contributed by atoms with Gasteiger partial charge in [-0.2, -0.15) is 0 Å². The summed E-state index contributed by atoms with van der Waals surface area (Å²) in [6.45, 7) is 0. The van der Waals surface area contributed by atoms with Crippen LogP contribution >= 0.6 is 0 Å². The molecule has 0 aliphatic carbocycles. The number of rotatable bonds is 12. The minimum Gasteiger partial charge on any atom is -0.304 e. The van der Waals surface area contributed by atoms with Gasteiger partial charge in [0.2, 0.25) is 0 Å². The van der Waals surface area contributed by atoms with Crippen molar-refractivity contribution in [1.82, 2.24) is 9.97 Å². The van der Waals surface area contributed by atoms with E-state index in [0.29, 0.717) is 0 Å². The van der Waals surface area contributed by atoms with Gasteiger partial charge >= 0.3 is 20.1 Å². The average Bonchev–Trinajstić information content (AvgIpc) is 3.17. The molecule has 0 atom stereocenters. The molecular formula is C46H37IrN2. The van der Waals surface area contributed by atoms with E-state index in [1.807, 2.05) is 48.8 Å². The van der Waals surface area contributed by atoms with E-state index in [1.54, 1.807) is 0 Å². The molecule has 2 aromatic heterocycles. The molecule has 0 N–H and O–H groups in total. The van der Waals surface area contributed by atoms with Crippen LogP contribution in [-0.4, -0.2) is 9.97 Å². The molecule has 5 aromatic carbocycles. The Morgan fingerprint density at radius 3 is 1.29 bits per heavy atom. The molecule has 0 saturated heterocycles. The van der Waals surface area contributed by atoms with E-state index in [9.17, 15) is 0 Å². The first-order valence-electron chi connectivity index (χ1n) is 16.8. The summed E-state index contributed by atoms with van der Waals surface area (Å²) >= 11 is 0. The van der Waals surface area contributed by atoms with Crippen LogP contribution in [0.2, 0.25) is 0 Å². The van der Waals surface area contributed by atoms with Crippen LogP contribution in [0, 0.1) is 18.2 Å². The molecule has 3 heteroatoms. The third-order valence-electron chi connectivity index (χ3n) is 8.80. The van der Waals surface area contributed by atoms with E-state index in [-0.39, 0.29) is 20.1 Å². The van der Waals surface area contributed by atoms with Gasteiger partial charge < -0.3 is 9.97 Å². The molecule has 0 aliphatic rings.